The van der Waals surface area contributed by atoms with E-state index in [9.17, 15) is 9.59 Å². The first kappa shape index (κ1) is 20.4. The first-order chi connectivity index (χ1) is 13.3. The fraction of sp³-hybridized carbons (Fsp3) is 0.143. The van der Waals surface area contributed by atoms with E-state index in [-0.39, 0.29) is 5.75 Å². The molecule has 5 nitrogen and oxygen atoms in total. The zero-order valence-corrected chi connectivity index (χ0v) is 18.5. The highest BCUT2D eigenvalue weighted by Gasteiger charge is 2.24. The molecule has 0 N–H and O–H groups in total. The molecule has 3 rings (SSSR count). The van der Waals surface area contributed by atoms with Crippen molar-refractivity contribution in [3.8, 4) is 11.5 Å². The fourth-order valence-electron chi connectivity index (χ4n) is 2.62. The zero-order valence-electron chi connectivity index (χ0n) is 15.3. The van der Waals surface area contributed by atoms with Gasteiger partial charge in [-0.2, -0.15) is 0 Å². The van der Waals surface area contributed by atoms with E-state index in [4.69, 9.17) is 14.2 Å². The molecule has 1 aliphatic heterocycles. The Morgan fingerprint density at radius 1 is 1.14 bits per heavy atom. The summed E-state index contributed by atoms with van der Waals surface area (Å²) in [5.41, 5.74) is 3.00. The smallest absolute Gasteiger partial charge is 0.343 e. The van der Waals surface area contributed by atoms with Gasteiger partial charge in [0.15, 0.2) is 11.5 Å². The fourth-order valence-corrected chi connectivity index (χ4v) is 3.53. The van der Waals surface area contributed by atoms with E-state index in [1.54, 1.807) is 18.2 Å². The number of hydrogen-bond acceptors (Lipinski definition) is 5. The molecule has 0 aromatic heterocycles. The van der Waals surface area contributed by atoms with E-state index in [1.807, 2.05) is 31.2 Å². The Bertz CT molecular complexity index is 1020. The number of carbonyl (C=O) groups is 2. The molecule has 0 spiro atoms. The SMILES string of the molecule is COc1cc(/C=C2\C=C(c3ccc(C)cc3)OC2=O)c(Br)c(Br)c1OC(C)=O. The number of carbonyl (C=O) groups excluding carboxylic acids is 2. The Morgan fingerprint density at radius 3 is 2.43 bits per heavy atom. The number of cyclic esters (lactones) is 1. The van der Waals surface area contributed by atoms with Crippen LogP contribution >= 0.6 is 31.9 Å². The Labute approximate surface area is 179 Å². The van der Waals surface area contributed by atoms with Gasteiger partial charge in [0.2, 0.25) is 0 Å². The van der Waals surface area contributed by atoms with Gasteiger partial charge in [-0.3, -0.25) is 4.79 Å². The van der Waals surface area contributed by atoms with Crippen molar-refractivity contribution in [3.05, 3.63) is 67.6 Å². The number of ether oxygens (including phenoxy) is 3. The summed E-state index contributed by atoms with van der Waals surface area (Å²) in [6, 6.07) is 9.39. The maximum Gasteiger partial charge on any atom is 0.343 e. The summed E-state index contributed by atoms with van der Waals surface area (Å²) < 4.78 is 17.1. The molecule has 2 aromatic carbocycles. The van der Waals surface area contributed by atoms with Crippen LogP contribution in [0.2, 0.25) is 0 Å². The van der Waals surface area contributed by atoms with Gasteiger partial charge in [-0.1, -0.05) is 29.8 Å². The highest BCUT2D eigenvalue weighted by Crippen LogP contribution is 2.44. The van der Waals surface area contributed by atoms with Gasteiger partial charge in [-0.15, -0.1) is 0 Å². The van der Waals surface area contributed by atoms with Gasteiger partial charge in [0.05, 0.1) is 17.2 Å². The van der Waals surface area contributed by atoms with Crippen LogP contribution in [0.1, 0.15) is 23.6 Å². The third kappa shape index (κ3) is 4.20. The number of rotatable bonds is 4. The van der Waals surface area contributed by atoms with E-state index >= 15 is 0 Å². The number of benzene rings is 2. The largest absolute Gasteiger partial charge is 0.493 e. The third-order valence-electron chi connectivity index (χ3n) is 3.99. The molecule has 0 amide bonds. The van der Waals surface area contributed by atoms with Crippen molar-refractivity contribution in [2.24, 2.45) is 0 Å². The molecule has 1 heterocycles. The summed E-state index contributed by atoms with van der Waals surface area (Å²) in [6.45, 7) is 3.30. The third-order valence-corrected chi connectivity index (χ3v) is 6.14. The van der Waals surface area contributed by atoms with Crippen LogP contribution in [-0.4, -0.2) is 19.0 Å². The van der Waals surface area contributed by atoms with Gasteiger partial charge in [0.25, 0.3) is 0 Å². The summed E-state index contributed by atoms with van der Waals surface area (Å²) in [7, 11) is 1.47. The average Bonchev–Trinajstić information content (AvgIpc) is 3.02. The molecule has 0 radical (unpaired) electrons. The molecule has 28 heavy (non-hydrogen) atoms. The Balaban J connectivity index is 2.03. The van der Waals surface area contributed by atoms with Gasteiger partial charge in [0.1, 0.15) is 5.76 Å². The number of aryl methyl sites for hydroxylation is 1. The van der Waals surface area contributed by atoms with Crippen LogP contribution in [0.5, 0.6) is 11.5 Å². The molecule has 0 unspecified atom stereocenters. The lowest BCUT2D eigenvalue weighted by Crippen LogP contribution is -2.04. The quantitative estimate of drug-likeness (QED) is 0.313. The lowest BCUT2D eigenvalue weighted by Gasteiger charge is -2.13. The molecule has 1 aliphatic rings. The normalized spacial score (nSPS) is 14.7. The number of methoxy groups -OCH3 is 1. The molecule has 0 aliphatic carbocycles. The molecular weight excluding hydrogens is 492 g/mol. The van der Waals surface area contributed by atoms with Crippen molar-refractivity contribution in [1.29, 1.82) is 0 Å². The van der Waals surface area contributed by atoms with Crippen molar-refractivity contribution < 1.29 is 23.8 Å². The monoisotopic (exact) mass is 506 g/mol. The van der Waals surface area contributed by atoms with Gasteiger partial charge >= 0.3 is 11.9 Å². The predicted molar refractivity (Wildman–Crippen MR) is 113 cm³/mol. The molecule has 0 saturated carbocycles. The molecule has 7 heteroatoms. The molecule has 0 bridgehead atoms. The van der Waals surface area contributed by atoms with Crippen LogP contribution in [0.3, 0.4) is 0 Å². The minimum Gasteiger partial charge on any atom is -0.493 e. The van der Waals surface area contributed by atoms with Crippen LogP contribution in [-0.2, 0) is 14.3 Å². The van der Waals surface area contributed by atoms with E-state index in [1.165, 1.54) is 14.0 Å². The number of halogens is 2. The Morgan fingerprint density at radius 2 is 1.82 bits per heavy atom. The zero-order chi connectivity index (χ0) is 20.4. The summed E-state index contributed by atoms with van der Waals surface area (Å²) in [6.07, 6.45) is 3.37. The van der Waals surface area contributed by atoms with Crippen molar-refractivity contribution in [2.45, 2.75) is 13.8 Å². The van der Waals surface area contributed by atoms with Crippen LogP contribution in [0.15, 0.2) is 50.9 Å². The Hall–Kier alpha value is -2.38. The van der Waals surface area contributed by atoms with E-state index in [0.29, 0.717) is 31.6 Å². The molecule has 2 aromatic rings. The van der Waals surface area contributed by atoms with Crippen LogP contribution in [0, 0.1) is 6.92 Å². The van der Waals surface area contributed by atoms with Crippen molar-refractivity contribution in [1.82, 2.24) is 0 Å². The van der Waals surface area contributed by atoms with E-state index in [2.05, 4.69) is 31.9 Å². The summed E-state index contributed by atoms with van der Waals surface area (Å²) in [4.78, 5) is 23.7. The molecule has 144 valence electrons. The highest BCUT2D eigenvalue weighted by molar-refractivity contribution is 9.13. The molecular formula is C21H16Br2O5. The first-order valence-electron chi connectivity index (χ1n) is 8.27. The number of esters is 2. The second-order valence-corrected chi connectivity index (χ2v) is 7.67. The molecule has 0 saturated heterocycles. The second-order valence-electron chi connectivity index (χ2n) is 6.08. The van der Waals surface area contributed by atoms with Crippen LogP contribution in [0.4, 0.5) is 0 Å². The van der Waals surface area contributed by atoms with Crippen LogP contribution < -0.4 is 9.47 Å². The highest BCUT2D eigenvalue weighted by atomic mass is 79.9. The van der Waals surface area contributed by atoms with Gasteiger partial charge in [-0.05, 0) is 62.6 Å². The van der Waals surface area contributed by atoms with Crippen molar-refractivity contribution >= 4 is 55.6 Å². The average molecular weight is 508 g/mol. The van der Waals surface area contributed by atoms with Gasteiger partial charge in [-0.25, -0.2) is 4.79 Å². The number of hydrogen-bond donors (Lipinski definition) is 0. The van der Waals surface area contributed by atoms with Crippen molar-refractivity contribution in [2.75, 3.05) is 7.11 Å². The standard InChI is InChI=1S/C21H16Br2O5/c1-11-4-6-13(7-5-11)16-10-15(21(25)28-16)8-14-9-17(26-3)20(27-12(2)24)19(23)18(14)22/h4-10H,1-3H3/b15-8+. The predicted octanol–water partition coefficient (Wildman–Crippen LogP) is 5.44. The van der Waals surface area contributed by atoms with E-state index < -0.39 is 11.9 Å². The minimum absolute atomic E-state index is 0.258. The summed E-state index contributed by atoms with van der Waals surface area (Å²) in [5.74, 6) is 0.193. The molecule has 0 atom stereocenters. The molecule has 0 fully saturated rings. The summed E-state index contributed by atoms with van der Waals surface area (Å²) in [5, 5.41) is 0. The summed E-state index contributed by atoms with van der Waals surface area (Å²) >= 11 is 6.87. The Kier molecular flexibility index (Phi) is 6.05. The van der Waals surface area contributed by atoms with Gasteiger partial charge in [0, 0.05) is 17.0 Å². The maximum atomic E-state index is 12.3. The lowest BCUT2D eigenvalue weighted by molar-refractivity contribution is -0.132. The van der Waals surface area contributed by atoms with E-state index in [0.717, 1.165) is 11.1 Å². The van der Waals surface area contributed by atoms with Crippen LogP contribution in [0.25, 0.3) is 11.8 Å². The lowest BCUT2D eigenvalue weighted by atomic mass is 10.1. The minimum atomic E-state index is -0.470. The van der Waals surface area contributed by atoms with Crippen molar-refractivity contribution in [3.63, 3.8) is 0 Å². The van der Waals surface area contributed by atoms with Gasteiger partial charge < -0.3 is 14.2 Å². The first-order valence-corrected chi connectivity index (χ1v) is 9.85. The topological polar surface area (TPSA) is 61.8 Å². The maximum absolute atomic E-state index is 12.3. The second kappa shape index (κ2) is 8.32.